The van der Waals surface area contributed by atoms with E-state index in [9.17, 15) is 5.11 Å². The summed E-state index contributed by atoms with van der Waals surface area (Å²) in [5, 5.41) is 11.2. The Kier molecular flexibility index (Phi) is 4.45. The van der Waals surface area contributed by atoms with Gasteiger partial charge in [0.1, 0.15) is 12.2 Å². The lowest BCUT2D eigenvalue weighted by atomic mass is 10.2. The molecule has 0 bridgehead atoms. The highest BCUT2D eigenvalue weighted by molar-refractivity contribution is 8.02. The second-order valence-electron chi connectivity index (χ2n) is 4.58. The van der Waals surface area contributed by atoms with Gasteiger partial charge in [-0.05, 0) is 37.5 Å². The first kappa shape index (κ1) is 13.6. The molecule has 3 nitrogen and oxygen atoms in total. The third-order valence-electron chi connectivity index (χ3n) is 2.62. The van der Waals surface area contributed by atoms with Crippen LogP contribution in [0.5, 0.6) is 0 Å². The minimum Gasteiger partial charge on any atom is -0.394 e. The molecule has 0 unspecified atom stereocenters. The van der Waals surface area contributed by atoms with Crippen LogP contribution >= 0.6 is 11.8 Å². The molecule has 4 heteroatoms. The maximum atomic E-state index is 9.24. The second-order valence-corrected chi connectivity index (χ2v) is 5.56. The average molecular weight is 266 g/mol. The van der Waals surface area contributed by atoms with Crippen molar-refractivity contribution in [1.82, 2.24) is 0 Å². The highest BCUT2D eigenvalue weighted by atomic mass is 32.2. The number of aliphatic hydroxyl groups is 1. The maximum Gasteiger partial charge on any atom is 0.164 e. The molecule has 1 N–H and O–H groups in total. The van der Waals surface area contributed by atoms with Crippen molar-refractivity contribution in [2.24, 2.45) is 0 Å². The smallest absolute Gasteiger partial charge is 0.164 e. The van der Waals surface area contributed by atoms with E-state index in [1.807, 2.05) is 43.5 Å². The van der Waals surface area contributed by atoms with Gasteiger partial charge >= 0.3 is 0 Å². The molecule has 2 atom stereocenters. The number of aliphatic hydroxyl groups excluding tert-OH is 1. The van der Waals surface area contributed by atoms with Crippen LogP contribution in [-0.2, 0) is 9.47 Å². The Hall–Kier alpha value is -0.810. The van der Waals surface area contributed by atoms with Crippen molar-refractivity contribution in [1.29, 1.82) is 0 Å². The van der Waals surface area contributed by atoms with E-state index in [2.05, 4.69) is 12.1 Å². The zero-order valence-electron chi connectivity index (χ0n) is 10.6. The molecule has 18 heavy (non-hydrogen) atoms. The SMILES string of the molecule is CC1(C)O[C@@H](/C=C\Sc2ccccc2)[C@@H](CO)O1. The van der Waals surface area contributed by atoms with Gasteiger partial charge in [0.05, 0.1) is 6.61 Å². The van der Waals surface area contributed by atoms with E-state index in [1.165, 1.54) is 4.90 Å². The van der Waals surface area contributed by atoms with Gasteiger partial charge in [0.25, 0.3) is 0 Å². The molecule has 1 aliphatic rings. The summed E-state index contributed by atoms with van der Waals surface area (Å²) in [4.78, 5) is 1.17. The highest BCUT2D eigenvalue weighted by Gasteiger charge is 2.39. The van der Waals surface area contributed by atoms with Crippen molar-refractivity contribution in [2.75, 3.05) is 6.61 Å². The fraction of sp³-hybridized carbons (Fsp3) is 0.429. The molecule has 0 aliphatic carbocycles. The van der Waals surface area contributed by atoms with Gasteiger partial charge in [-0.25, -0.2) is 0 Å². The molecule has 0 radical (unpaired) electrons. The molecule has 1 saturated heterocycles. The largest absolute Gasteiger partial charge is 0.394 e. The van der Waals surface area contributed by atoms with E-state index >= 15 is 0 Å². The monoisotopic (exact) mass is 266 g/mol. The first-order valence-corrected chi connectivity index (χ1v) is 6.83. The Morgan fingerprint density at radius 1 is 1.28 bits per heavy atom. The molecule has 0 amide bonds. The van der Waals surface area contributed by atoms with Gasteiger partial charge < -0.3 is 14.6 Å². The number of rotatable bonds is 4. The summed E-state index contributed by atoms with van der Waals surface area (Å²) < 4.78 is 11.3. The van der Waals surface area contributed by atoms with Gasteiger partial charge in [-0.3, -0.25) is 0 Å². The number of thioether (sulfide) groups is 1. The average Bonchev–Trinajstić information content (AvgIpc) is 2.65. The van der Waals surface area contributed by atoms with Crippen LogP contribution < -0.4 is 0 Å². The topological polar surface area (TPSA) is 38.7 Å². The molecule has 0 spiro atoms. The van der Waals surface area contributed by atoms with Gasteiger partial charge in [0.2, 0.25) is 0 Å². The maximum absolute atomic E-state index is 9.24. The third kappa shape index (κ3) is 3.59. The number of hydrogen-bond donors (Lipinski definition) is 1. The fourth-order valence-electron chi connectivity index (χ4n) is 1.86. The molecule has 0 aromatic heterocycles. The summed E-state index contributed by atoms with van der Waals surface area (Å²) in [5.74, 6) is -0.625. The minimum atomic E-state index is -0.625. The van der Waals surface area contributed by atoms with E-state index in [0.29, 0.717) is 0 Å². The lowest BCUT2D eigenvalue weighted by molar-refractivity contribution is -0.146. The van der Waals surface area contributed by atoms with Crippen molar-refractivity contribution in [3.05, 3.63) is 41.8 Å². The van der Waals surface area contributed by atoms with Crippen molar-refractivity contribution in [2.45, 2.75) is 36.7 Å². The Morgan fingerprint density at radius 3 is 2.67 bits per heavy atom. The summed E-state index contributed by atoms with van der Waals surface area (Å²) in [6.07, 6.45) is 1.46. The van der Waals surface area contributed by atoms with Crippen molar-refractivity contribution >= 4 is 11.8 Å². The number of benzene rings is 1. The first-order chi connectivity index (χ1) is 8.61. The summed E-state index contributed by atoms with van der Waals surface area (Å²) in [6, 6.07) is 10.1. The number of hydrogen-bond acceptors (Lipinski definition) is 4. The van der Waals surface area contributed by atoms with Crippen molar-refractivity contribution < 1.29 is 14.6 Å². The van der Waals surface area contributed by atoms with Crippen LogP contribution in [0.4, 0.5) is 0 Å². The lowest BCUT2D eigenvalue weighted by Gasteiger charge is -2.15. The Morgan fingerprint density at radius 2 is 2.00 bits per heavy atom. The fourth-order valence-corrected chi connectivity index (χ4v) is 2.57. The summed E-state index contributed by atoms with van der Waals surface area (Å²) in [7, 11) is 0. The van der Waals surface area contributed by atoms with Gasteiger partial charge in [-0.2, -0.15) is 0 Å². The van der Waals surface area contributed by atoms with Crippen molar-refractivity contribution in [3.63, 3.8) is 0 Å². The Labute approximate surface area is 112 Å². The molecule has 1 fully saturated rings. The highest BCUT2D eigenvalue weighted by Crippen LogP contribution is 2.29. The zero-order valence-corrected chi connectivity index (χ0v) is 11.4. The lowest BCUT2D eigenvalue weighted by Crippen LogP contribution is -2.24. The van der Waals surface area contributed by atoms with Gasteiger partial charge in [0, 0.05) is 4.90 Å². The van der Waals surface area contributed by atoms with E-state index in [-0.39, 0.29) is 18.8 Å². The Bertz CT molecular complexity index is 403. The molecular formula is C14H18O3S. The standard InChI is InChI=1S/C14H18O3S/c1-14(2)16-12(13(10-15)17-14)8-9-18-11-6-4-3-5-7-11/h3-9,12-13,15H,10H2,1-2H3/b9-8-/t12-,13+/m0/s1. The predicted molar refractivity (Wildman–Crippen MR) is 72.3 cm³/mol. The predicted octanol–water partition coefficient (Wildman–Crippen LogP) is 2.80. The zero-order chi connectivity index (χ0) is 13.0. The Balaban J connectivity index is 1.93. The first-order valence-electron chi connectivity index (χ1n) is 5.95. The van der Waals surface area contributed by atoms with E-state index in [1.54, 1.807) is 11.8 Å². The van der Waals surface area contributed by atoms with Crippen LogP contribution in [0.2, 0.25) is 0 Å². The minimum absolute atomic E-state index is 0.0333. The van der Waals surface area contributed by atoms with E-state index < -0.39 is 5.79 Å². The van der Waals surface area contributed by atoms with Crippen LogP contribution in [0.1, 0.15) is 13.8 Å². The van der Waals surface area contributed by atoms with E-state index in [4.69, 9.17) is 9.47 Å². The van der Waals surface area contributed by atoms with Crippen LogP contribution in [0.15, 0.2) is 46.7 Å². The molecule has 98 valence electrons. The third-order valence-corrected chi connectivity index (χ3v) is 3.45. The summed E-state index contributed by atoms with van der Waals surface area (Å²) in [5.41, 5.74) is 0. The van der Waals surface area contributed by atoms with Gasteiger partial charge in [0.15, 0.2) is 5.79 Å². The van der Waals surface area contributed by atoms with Crippen LogP contribution in [0.3, 0.4) is 0 Å². The molecule has 0 saturated carbocycles. The quantitative estimate of drug-likeness (QED) is 0.851. The van der Waals surface area contributed by atoms with E-state index in [0.717, 1.165) is 0 Å². The molecule has 2 rings (SSSR count). The van der Waals surface area contributed by atoms with Gasteiger partial charge in [-0.1, -0.05) is 30.0 Å². The van der Waals surface area contributed by atoms with Crippen LogP contribution in [-0.4, -0.2) is 29.7 Å². The molecule has 1 aromatic carbocycles. The molecular weight excluding hydrogens is 248 g/mol. The van der Waals surface area contributed by atoms with Crippen molar-refractivity contribution in [3.8, 4) is 0 Å². The summed E-state index contributed by atoms with van der Waals surface area (Å²) >= 11 is 1.62. The second kappa shape index (κ2) is 5.89. The molecule has 1 aromatic rings. The van der Waals surface area contributed by atoms with Crippen LogP contribution in [0, 0.1) is 0 Å². The summed E-state index contributed by atoms with van der Waals surface area (Å²) in [6.45, 7) is 3.68. The van der Waals surface area contributed by atoms with Crippen LogP contribution in [0.25, 0.3) is 0 Å². The molecule has 1 heterocycles. The number of ether oxygens (including phenoxy) is 2. The molecule has 1 aliphatic heterocycles. The normalized spacial score (nSPS) is 26.8. The van der Waals surface area contributed by atoms with Gasteiger partial charge in [-0.15, -0.1) is 0 Å².